The Balaban J connectivity index is 2.79. The van der Waals surface area contributed by atoms with Crippen molar-refractivity contribution < 1.29 is 29.1 Å². The number of aromatic nitrogens is 2. The molecule has 1 rings (SSSR count). The zero-order chi connectivity index (χ0) is 27.3. The van der Waals surface area contributed by atoms with Crippen molar-refractivity contribution >= 4 is 35.6 Å². The van der Waals surface area contributed by atoms with Crippen LogP contribution in [0.15, 0.2) is 17.5 Å². The fourth-order valence-electron chi connectivity index (χ4n) is 2.97. The number of hydrogen-bond acceptors (Lipinski definition) is 8. The maximum atomic E-state index is 12.9. The Morgan fingerprint density at radius 3 is 2.25 bits per heavy atom. The van der Waals surface area contributed by atoms with Crippen molar-refractivity contribution in [3.05, 3.63) is 18.2 Å². The molecule has 13 N–H and O–H groups in total. The van der Waals surface area contributed by atoms with Gasteiger partial charge in [-0.2, -0.15) is 0 Å². The minimum Gasteiger partial charge on any atom is -0.480 e. The van der Waals surface area contributed by atoms with Gasteiger partial charge in [-0.05, 0) is 26.2 Å². The molecule has 16 heteroatoms. The van der Waals surface area contributed by atoms with Crippen LogP contribution in [0.2, 0.25) is 0 Å². The largest absolute Gasteiger partial charge is 0.480 e. The summed E-state index contributed by atoms with van der Waals surface area (Å²) >= 11 is 0. The predicted molar refractivity (Wildman–Crippen MR) is 128 cm³/mol. The highest BCUT2D eigenvalue weighted by Crippen LogP contribution is 2.03. The summed E-state index contributed by atoms with van der Waals surface area (Å²) in [6.45, 7) is 1.55. The Hall–Kier alpha value is -4.21. The Bertz CT molecular complexity index is 931. The second-order valence-electron chi connectivity index (χ2n) is 8.03. The van der Waals surface area contributed by atoms with Crippen LogP contribution in [0, 0.1) is 0 Å². The maximum Gasteiger partial charge on any atom is 0.326 e. The van der Waals surface area contributed by atoms with E-state index in [4.69, 9.17) is 22.9 Å². The van der Waals surface area contributed by atoms with Crippen molar-refractivity contribution in [3.63, 3.8) is 0 Å². The second kappa shape index (κ2) is 14.9. The molecule has 0 saturated carbocycles. The summed E-state index contributed by atoms with van der Waals surface area (Å²) in [4.78, 5) is 70.7. The molecule has 0 fully saturated rings. The van der Waals surface area contributed by atoms with Gasteiger partial charge in [0.15, 0.2) is 5.96 Å². The van der Waals surface area contributed by atoms with Crippen molar-refractivity contribution in [2.75, 3.05) is 6.54 Å². The van der Waals surface area contributed by atoms with Crippen LogP contribution in [0.1, 0.15) is 38.3 Å². The summed E-state index contributed by atoms with van der Waals surface area (Å²) in [5, 5.41) is 16.7. The Labute approximate surface area is 207 Å². The molecular weight excluding hydrogens is 476 g/mol. The number of nitrogens with zero attached hydrogens (tertiary/aromatic N) is 2. The number of carbonyl (C=O) groups is 5. The lowest BCUT2D eigenvalue weighted by atomic mass is 10.1. The first kappa shape index (κ1) is 29.8. The normalized spacial score (nSPS) is 13.9. The van der Waals surface area contributed by atoms with Gasteiger partial charge in [0.25, 0.3) is 0 Å². The highest BCUT2D eigenvalue weighted by atomic mass is 16.4. The van der Waals surface area contributed by atoms with Crippen LogP contribution in [0.4, 0.5) is 0 Å². The molecule has 0 aliphatic heterocycles. The minimum absolute atomic E-state index is 0.00298. The number of aliphatic carboxylic acids is 1. The van der Waals surface area contributed by atoms with Gasteiger partial charge in [0.05, 0.1) is 12.4 Å². The number of amides is 4. The molecular formula is C20H34N10O6. The van der Waals surface area contributed by atoms with E-state index in [1.54, 1.807) is 0 Å². The summed E-state index contributed by atoms with van der Waals surface area (Å²) in [6.07, 6.45) is 3.06. The molecule has 0 bridgehead atoms. The molecule has 0 aliphatic carbocycles. The van der Waals surface area contributed by atoms with Crippen molar-refractivity contribution in [1.82, 2.24) is 25.9 Å². The average Bonchev–Trinajstić information content (AvgIpc) is 3.31. The number of carboxylic acids is 1. The molecule has 1 heterocycles. The van der Waals surface area contributed by atoms with Crippen molar-refractivity contribution in [3.8, 4) is 0 Å². The smallest absolute Gasteiger partial charge is 0.326 e. The number of hydrogen-bond donors (Lipinski definition) is 9. The predicted octanol–water partition coefficient (Wildman–Crippen LogP) is -3.84. The third-order valence-electron chi connectivity index (χ3n) is 4.96. The van der Waals surface area contributed by atoms with Gasteiger partial charge in [-0.25, -0.2) is 9.78 Å². The Morgan fingerprint density at radius 1 is 1.03 bits per heavy atom. The molecule has 16 nitrogen and oxygen atoms in total. The Morgan fingerprint density at radius 2 is 1.69 bits per heavy atom. The lowest BCUT2D eigenvalue weighted by Crippen LogP contribution is -2.57. The van der Waals surface area contributed by atoms with Gasteiger partial charge in [0, 0.05) is 31.3 Å². The van der Waals surface area contributed by atoms with E-state index < -0.39 is 53.8 Å². The summed E-state index contributed by atoms with van der Waals surface area (Å²) in [5.41, 5.74) is 21.8. The molecule has 1 aromatic rings. The van der Waals surface area contributed by atoms with Crippen LogP contribution in [0.3, 0.4) is 0 Å². The van der Waals surface area contributed by atoms with E-state index in [9.17, 15) is 29.1 Å². The molecule has 0 radical (unpaired) electrons. The van der Waals surface area contributed by atoms with E-state index in [1.165, 1.54) is 19.4 Å². The number of nitrogens with one attached hydrogen (secondary N) is 4. The van der Waals surface area contributed by atoms with Crippen LogP contribution in [-0.2, 0) is 30.4 Å². The molecule has 0 spiro atoms. The third-order valence-corrected chi connectivity index (χ3v) is 4.96. The standard InChI is InChI=1S/C20H34N10O6/c1-10(16(32)29-13(19(35)36)3-2-6-26-20(23)24)28-18(34)14(7-11-8-25-9-27-11)30-17(33)12(21)4-5-15(22)31/h8-10,12-14H,2-7,21H2,1H3,(H2,22,31)(H,25,27)(H,28,34)(H,29,32)(H,30,33)(H,35,36)(H4,23,24,26). The van der Waals surface area contributed by atoms with E-state index in [0.717, 1.165) is 0 Å². The number of H-pyrrole nitrogens is 1. The summed E-state index contributed by atoms with van der Waals surface area (Å²) in [7, 11) is 0. The van der Waals surface area contributed by atoms with Gasteiger partial charge in [-0.15, -0.1) is 0 Å². The van der Waals surface area contributed by atoms with E-state index in [2.05, 4.69) is 30.9 Å². The first-order chi connectivity index (χ1) is 16.9. The van der Waals surface area contributed by atoms with Crippen LogP contribution < -0.4 is 38.9 Å². The maximum absolute atomic E-state index is 12.9. The number of carbonyl (C=O) groups excluding carboxylic acids is 4. The lowest BCUT2D eigenvalue weighted by Gasteiger charge is -2.23. The fourth-order valence-corrected chi connectivity index (χ4v) is 2.97. The summed E-state index contributed by atoms with van der Waals surface area (Å²) in [5.74, 6) is -4.18. The van der Waals surface area contributed by atoms with Gasteiger partial charge in [0.2, 0.25) is 23.6 Å². The number of carboxylic acid groups (broad SMARTS) is 1. The van der Waals surface area contributed by atoms with Gasteiger partial charge >= 0.3 is 5.97 Å². The van der Waals surface area contributed by atoms with Crippen LogP contribution in [0.25, 0.3) is 0 Å². The van der Waals surface area contributed by atoms with Crippen molar-refractivity contribution in [2.45, 2.75) is 63.2 Å². The highest BCUT2D eigenvalue weighted by molar-refractivity contribution is 5.94. The first-order valence-electron chi connectivity index (χ1n) is 11.1. The highest BCUT2D eigenvalue weighted by Gasteiger charge is 2.28. The molecule has 36 heavy (non-hydrogen) atoms. The molecule has 1 aromatic heterocycles. The molecule has 4 unspecified atom stereocenters. The fraction of sp³-hybridized carbons (Fsp3) is 0.550. The van der Waals surface area contributed by atoms with E-state index in [0.29, 0.717) is 12.1 Å². The molecule has 4 atom stereocenters. The van der Waals surface area contributed by atoms with Crippen LogP contribution in [-0.4, -0.2) is 81.3 Å². The number of imidazole rings is 1. The van der Waals surface area contributed by atoms with Gasteiger partial charge in [0.1, 0.15) is 18.1 Å². The van der Waals surface area contributed by atoms with E-state index >= 15 is 0 Å². The molecule has 0 aliphatic rings. The lowest BCUT2D eigenvalue weighted by molar-refractivity contribution is -0.142. The van der Waals surface area contributed by atoms with Crippen LogP contribution in [0.5, 0.6) is 0 Å². The zero-order valence-electron chi connectivity index (χ0n) is 19.9. The topological polar surface area (TPSA) is 287 Å². The molecule has 4 amide bonds. The summed E-state index contributed by atoms with van der Waals surface area (Å²) < 4.78 is 0. The number of aliphatic imine (C=N–C) groups is 1. The van der Waals surface area contributed by atoms with Gasteiger partial charge < -0.3 is 49.0 Å². The quantitative estimate of drug-likeness (QED) is 0.0592. The van der Waals surface area contributed by atoms with Crippen molar-refractivity contribution in [1.29, 1.82) is 0 Å². The number of primary amides is 1. The molecule has 0 saturated heterocycles. The van der Waals surface area contributed by atoms with Crippen molar-refractivity contribution in [2.24, 2.45) is 27.9 Å². The second-order valence-corrected chi connectivity index (χ2v) is 8.03. The minimum atomic E-state index is -1.26. The third kappa shape index (κ3) is 11.3. The SMILES string of the molecule is CC(NC(=O)C(Cc1cnc[nH]1)NC(=O)C(N)CCC(N)=O)C(=O)NC(CCCN=C(N)N)C(=O)O. The van der Waals surface area contributed by atoms with Gasteiger partial charge in [-0.3, -0.25) is 24.2 Å². The monoisotopic (exact) mass is 510 g/mol. The molecule has 0 aromatic carbocycles. The van der Waals surface area contributed by atoms with E-state index in [1.807, 2.05) is 0 Å². The summed E-state index contributed by atoms with van der Waals surface area (Å²) in [6, 6.07) is -4.61. The number of aromatic amines is 1. The van der Waals surface area contributed by atoms with E-state index in [-0.39, 0.29) is 38.2 Å². The zero-order valence-corrected chi connectivity index (χ0v) is 19.9. The number of guanidine groups is 1. The average molecular weight is 511 g/mol. The number of rotatable bonds is 16. The Kier molecular flexibility index (Phi) is 12.4. The first-order valence-corrected chi connectivity index (χ1v) is 11.1. The van der Waals surface area contributed by atoms with Crippen LogP contribution >= 0.6 is 0 Å². The number of nitrogens with two attached hydrogens (primary N) is 4. The molecule has 200 valence electrons. The van der Waals surface area contributed by atoms with Gasteiger partial charge in [-0.1, -0.05) is 0 Å².